The fraction of sp³-hybridized carbons (Fsp3) is 0.476. The molecule has 3 heterocycles. The molecule has 1 atom stereocenters. The lowest BCUT2D eigenvalue weighted by Gasteiger charge is -2.19. The summed E-state index contributed by atoms with van der Waals surface area (Å²) in [6.45, 7) is 9.54. The Morgan fingerprint density at radius 3 is 2.64 bits per heavy atom. The number of aliphatic hydroxyl groups is 1. The lowest BCUT2D eigenvalue weighted by molar-refractivity contribution is 0.263. The van der Waals surface area contributed by atoms with Crippen LogP contribution in [0.5, 0.6) is 0 Å². The zero-order valence-electron chi connectivity index (χ0n) is 16.8. The predicted molar refractivity (Wildman–Crippen MR) is 112 cm³/mol. The van der Waals surface area contributed by atoms with Gasteiger partial charge in [-0.05, 0) is 30.7 Å². The van der Waals surface area contributed by atoms with E-state index in [9.17, 15) is 5.11 Å². The van der Waals surface area contributed by atoms with E-state index in [-0.39, 0.29) is 18.1 Å². The molecule has 2 aromatic heterocycles. The van der Waals surface area contributed by atoms with Gasteiger partial charge in [-0.3, -0.25) is 0 Å². The Balaban J connectivity index is 1.60. The Bertz CT molecular complexity index is 956. The highest BCUT2D eigenvalue weighted by Gasteiger charge is 2.29. The van der Waals surface area contributed by atoms with Gasteiger partial charge >= 0.3 is 6.01 Å². The Hall–Kier alpha value is -2.25. The number of nitrogens with zero attached hydrogens (tertiary/aromatic N) is 4. The number of rotatable bonds is 4. The molecule has 1 aromatic carbocycles. The van der Waals surface area contributed by atoms with Gasteiger partial charge in [0.2, 0.25) is 0 Å². The zero-order valence-corrected chi connectivity index (χ0v) is 17.6. The van der Waals surface area contributed by atoms with Crippen LogP contribution in [-0.4, -0.2) is 39.5 Å². The fourth-order valence-electron chi connectivity index (χ4n) is 3.53. The van der Waals surface area contributed by atoms with Crippen molar-refractivity contribution in [2.45, 2.75) is 52.0 Å². The van der Waals surface area contributed by atoms with Gasteiger partial charge in [-0.15, -0.1) is 16.4 Å². The molecule has 28 heavy (non-hydrogen) atoms. The second kappa shape index (κ2) is 7.29. The molecule has 7 heteroatoms. The van der Waals surface area contributed by atoms with Gasteiger partial charge in [0.1, 0.15) is 9.88 Å². The third-order valence-corrected chi connectivity index (χ3v) is 6.43. The highest BCUT2D eigenvalue weighted by Crippen LogP contribution is 2.36. The molecule has 3 aromatic rings. The van der Waals surface area contributed by atoms with Gasteiger partial charge in [0, 0.05) is 12.1 Å². The van der Waals surface area contributed by atoms with Crippen molar-refractivity contribution < 1.29 is 9.52 Å². The number of aromatic nitrogens is 3. The fourth-order valence-corrected chi connectivity index (χ4v) is 4.52. The number of hydrogen-bond acceptors (Lipinski definition) is 7. The molecule has 0 bridgehead atoms. The Kier molecular flexibility index (Phi) is 4.97. The molecule has 1 N–H and O–H groups in total. The van der Waals surface area contributed by atoms with E-state index < -0.39 is 0 Å². The number of thiazole rings is 1. The van der Waals surface area contributed by atoms with E-state index in [0.29, 0.717) is 11.9 Å². The minimum absolute atomic E-state index is 0.0627. The van der Waals surface area contributed by atoms with E-state index in [4.69, 9.17) is 9.40 Å². The van der Waals surface area contributed by atoms with Crippen LogP contribution in [0.1, 0.15) is 44.9 Å². The number of aryl methyl sites for hydroxylation is 1. The first-order valence-corrected chi connectivity index (χ1v) is 10.5. The highest BCUT2D eigenvalue weighted by atomic mass is 32.1. The maximum Gasteiger partial charge on any atom is 0.318 e. The van der Waals surface area contributed by atoms with E-state index in [0.717, 1.165) is 40.5 Å². The lowest BCUT2D eigenvalue weighted by atomic mass is 9.87. The van der Waals surface area contributed by atoms with E-state index >= 15 is 0 Å². The van der Waals surface area contributed by atoms with Gasteiger partial charge in [0.25, 0.3) is 5.89 Å². The maximum absolute atomic E-state index is 9.53. The van der Waals surface area contributed by atoms with E-state index in [1.807, 2.05) is 11.8 Å². The summed E-state index contributed by atoms with van der Waals surface area (Å²) in [4.78, 5) is 7.62. The van der Waals surface area contributed by atoms with Crippen molar-refractivity contribution in [1.29, 1.82) is 0 Å². The van der Waals surface area contributed by atoms with Crippen LogP contribution in [0.4, 0.5) is 6.01 Å². The van der Waals surface area contributed by atoms with E-state index in [2.05, 4.69) is 55.2 Å². The van der Waals surface area contributed by atoms with Crippen LogP contribution in [-0.2, 0) is 5.41 Å². The second-order valence-electron chi connectivity index (χ2n) is 8.32. The van der Waals surface area contributed by atoms with E-state index in [1.165, 1.54) is 5.56 Å². The average Bonchev–Trinajstić information content (AvgIpc) is 3.39. The third-order valence-electron chi connectivity index (χ3n) is 5.24. The van der Waals surface area contributed by atoms with Gasteiger partial charge in [-0.2, -0.15) is 0 Å². The van der Waals surface area contributed by atoms with Crippen molar-refractivity contribution >= 4 is 17.4 Å². The smallest absolute Gasteiger partial charge is 0.318 e. The SMILES string of the molecule is Cc1nc(-c2ccc(C(C)(C)C)cc2)sc1-c1nnc(N2CCC[C@H]2CO)o1. The molecule has 0 unspecified atom stereocenters. The van der Waals surface area contributed by atoms with Crippen LogP contribution < -0.4 is 4.90 Å². The molecule has 1 aliphatic heterocycles. The summed E-state index contributed by atoms with van der Waals surface area (Å²) in [5, 5.41) is 18.9. The van der Waals surface area contributed by atoms with Gasteiger partial charge < -0.3 is 14.4 Å². The minimum Gasteiger partial charge on any atom is -0.402 e. The van der Waals surface area contributed by atoms with Crippen molar-refractivity contribution in [3.05, 3.63) is 35.5 Å². The van der Waals surface area contributed by atoms with Crippen LogP contribution in [0.3, 0.4) is 0 Å². The molecule has 0 spiro atoms. The monoisotopic (exact) mass is 398 g/mol. The number of anilines is 1. The Labute approximate surface area is 169 Å². The molecule has 1 aliphatic rings. The predicted octanol–water partition coefficient (Wildman–Crippen LogP) is 4.43. The molecule has 0 aliphatic carbocycles. The van der Waals surface area contributed by atoms with Crippen LogP contribution in [0, 0.1) is 6.92 Å². The summed E-state index contributed by atoms with van der Waals surface area (Å²) in [6, 6.07) is 9.12. The van der Waals surface area contributed by atoms with Crippen molar-refractivity contribution in [3.8, 4) is 21.3 Å². The van der Waals surface area contributed by atoms with Crippen LogP contribution in [0.2, 0.25) is 0 Å². The minimum atomic E-state index is 0.0627. The van der Waals surface area contributed by atoms with Gasteiger partial charge in [0.15, 0.2) is 0 Å². The first kappa shape index (κ1) is 19.1. The van der Waals surface area contributed by atoms with Crippen LogP contribution in [0.15, 0.2) is 28.7 Å². The average molecular weight is 399 g/mol. The summed E-state index contributed by atoms with van der Waals surface area (Å²) >= 11 is 1.57. The van der Waals surface area contributed by atoms with Crippen molar-refractivity contribution in [1.82, 2.24) is 15.2 Å². The molecule has 0 radical (unpaired) electrons. The van der Waals surface area contributed by atoms with E-state index in [1.54, 1.807) is 11.3 Å². The number of aliphatic hydroxyl groups excluding tert-OH is 1. The number of benzene rings is 1. The van der Waals surface area contributed by atoms with Crippen LogP contribution >= 0.6 is 11.3 Å². The summed E-state index contributed by atoms with van der Waals surface area (Å²) in [6.07, 6.45) is 1.97. The molecule has 0 amide bonds. The first-order chi connectivity index (χ1) is 13.4. The summed E-state index contributed by atoms with van der Waals surface area (Å²) in [7, 11) is 0. The Morgan fingerprint density at radius 2 is 1.96 bits per heavy atom. The summed E-state index contributed by atoms with van der Waals surface area (Å²) in [5.41, 5.74) is 3.41. The highest BCUT2D eigenvalue weighted by molar-refractivity contribution is 7.18. The summed E-state index contributed by atoms with van der Waals surface area (Å²) < 4.78 is 5.94. The second-order valence-corrected chi connectivity index (χ2v) is 9.32. The maximum atomic E-state index is 9.53. The van der Waals surface area contributed by atoms with Gasteiger partial charge in [0.05, 0.1) is 18.3 Å². The van der Waals surface area contributed by atoms with Crippen molar-refractivity contribution in [2.24, 2.45) is 0 Å². The van der Waals surface area contributed by atoms with Gasteiger partial charge in [-0.25, -0.2) is 4.98 Å². The Morgan fingerprint density at radius 1 is 1.21 bits per heavy atom. The molecule has 1 saturated heterocycles. The molecule has 4 rings (SSSR count). The topological polar surface area (TPSA) is 75.3 Å². The number of hydrogen-bond donors (Lipinski definition) is 1. The largest absolute Gasteiger partial charge is 0.402 e. The summed E-state index contributed by atoms with van der Waals surface area (Å²) in [5.74, 6) is 0.492. The zero-order chi connectivity index (χ0) is 19.9. The quantitative estimate of drug-likeness (QED) is 0.701. The first-order valence-electron chi connectivity index (χ1n) is 9.66. The van der Waals surface area contributed by atoms with Crippen molar-refractivity contribution in [2.75, 3.05) is 18.1 Å². The van der Waals surface area contributed by atoms with Crippen molar-refractivity contribution in [3.63, 3.8) is 0 Å². The lowest BCUT2D eigenvalue weighted by Crippen LogP contribution is -2.32. The molecular weight excluding hydrogens is 372 g/mol. The third kappa shape index (κ3) is 3.56. The normalized spacial score (nSPS) is 17.5. The molecular formula is C21H26N4O2S. The van der Waals surface area contributed by atoms with Crippen LogP contribution in [0.25, 0.3) is 21.3 Å². The molecule has 148 valence electrons. The molecule has 6 nitrogen and oxygen atoms in total. The standard InChI is InChI=1S/C21H26N4O2S/c1-13-17(18-23-24-20(27-18)25-11-5-6-16(25)12-26)28-19(22-13)14-7-9-15(10-8-14)21(2,3)4/h7-10,16,26H,5-6,11-12H2,1-4H3/t16-/m0/s1. The molecule has 1 fully saturated rings. The molecule has 0 saturated carbocycles. The van der Waals surface area contributed by atoms with Gasteiger partial charge in [-0.1, -0.05) is 50.1 Å².